The van der Waals surface area contributed by atoms with Gasteiger partial charge in [-0.25, -0.2) is 8.78 Å². The van der Waals surface area contributed by atoms with E-state index in [0.29, 0.717) is 18.8 Å². The first-order valence-electron chi connectivity index (χ1n) is 14.5. The Morgan fingerprint density at radius 1 is 1.07 bits per heavy atom. The van der Waals surface area contributed by atoms with Crippen LogP contribution < -0.4 is 34.9 Å². The zero-order valence-electron chi connectivity index (χ0n) is 24.5. The molecular weight excluding hydrogens is 563 g/mol. The van der Waals surface area contributed by atoms with Crippen molar-refractivity contribution in [3.63, 3.8) is 0 Å². The van der Waals surface area contributed by atoms with E-state index in [2.05, 4.69) is 19.2 Å². The molecule has 0 aliphatic heterocycles. The van der Waals surface area contributed by atoms with Crippen molar-refractivity contribution < 1.29 is 67.2 Å². The van der Waals surface area contributed by atoms with Crippen LogP contribution in [0.5, 0.6) is 0 Å². The number of amides is 1. The number of carbonyl (C=O) groups is 1. The summed E-state index contributed by atoms with van der Waals surface area (Å²) in [6, 6.07) is 6.33. The normalized spacial score (nSPS) is 39.8. The SMILES string of the molecule is C[C@H](CCC(=O)Nc1ccccc1[S-](=O)=O)[C@H]1CCC2C3C(CC[C@@]21C)[C@@]1(C)CC(F)(F)[C@H](O)C[C@H]1C[C@@H]3O.[Na+].[OH-]. The predicted octanol–water partition coefficient (Wildman–Crippen LogP) is 2.77. The van der Waals surface area contributed by atoms with Crippen LogP contribution in [0.25, 0.3) is 0 Å². The van der Waals surface area contributed by atoms with Crippen LogP contribution in [-0.2, 0) is 23.9 Å². The summed E-state index contributed by atoms with van der Waals surface area (Å²) >= 11 is 0. The molecule has 0 bridgehead atoms. The summed E-state index contributed by atoms with van der Waals surface area (Å²) < 4.78 is 52.4. The second kappa shape index (κ2) is 12.8. The standard InChI is InChI=1S/C30H42F2NO5S.Na.H2O/c1-17(8-11-26(36)33-22-6-4-5-7-24(22)39(37)38)19-9-10-20-27-21(12-13-28(19,20)2)29(3)16-30(31,32)25(35)15-18(29)14-23(27)34;;/h4-7,17-21,23,25,27,34-35H,8-16H2,1-3H3,(H,33,36);;1H2/q-1;+1;/p-1/t17-,18-,19-,20?,21?,23+,25-,27?,28-,29+;;/m1../s1. The number of aliphatic hydroxyl groups excluding tert-OH is 2. The number of hydrogen-bond acceptors (Lipinski definition) is 7. The van der Waals surface area contributed by atoms with Gasteiger partial charge in [0, 0.05) is 18.5 Å². The largest absolute Gasteiger partial charge is 1.00 e. The zero-order valence-corrected chi connectivity index (χ0v) is 27.3. The number of para-hydroxylation sites is 1. The molecule has 4 saturated carbocycles. The zero-order chi connectivity index (χ0) is 28.3. The molecule has 0 spiro atoms. The Labute approximate surface area is 265 Å². The van der Waals surface area contributed by atoms with Gasteiger partial charge in [-0.2, -0.15) is 0 Å². The van der Waals surface area contributed by atoms with Crippen molar-refractivity contribution >= 4 is 22.3 Å². The predicted molar refractivity (Wildman–Crippen MR) is 145 cm³/mol. The number of anilines is 1. The number of alkyl halides is 2. The third kappa shape index (κ3) is 6.18. The maximum atomic E-state index is 14.8. The van der Waals surface area contributed by atoms with Gasteiger partial charge >= 0.3 is 29.6 Å². The first-order chi connectivity index (χ1) is 18.3. The quantitative estimate of drug-likeness (QED) is 0.337. The van der Waals surface area contributed by atoms with Crippen LogP contribution >= 0.6 is 0 Å². The molecule has 0 radical (unpaired) electrons. The molecule has 41 heavy (non-hydrogen) atoms. The van der Waals surface area contributed by atoms with E-state index in [4.69, 9.17) is 0 Å². The Bertz CT molecular complexity index is 1180. The van der Waals surface area contributed by atoms with E-state index in [9.17, 15) is 32.2 Å². The molecule has 1 aromatic rings. The smallest absolute Gasteiger partial charge is 0.870 e. The van der Waals surface area contributed by atoms with Crippen LogP contribution in [0.1, 0.15) is 78.6 Å². The molecule has 4 N–H and O–H groups in total. The molecule has 4 aliphatic rings. The maximum absolute atomic E-state index is 14.8. The molecule has 10 atom stereocenters. The van der Waals surface area contributed by atoms with Crippen molar-refractivity contribution in [1.82, 2.24) is 0 Å². The second-order valence-electron chi connectivity index (χ2n) is 13.5. The van der Waals surface area contributed by atoms with Gasteiger partial charge in [0.05, 0.1) is 6.10 Å². The number of benzene rings is 1. The molecule has 7 nitrogen and oxygen atoms in total. The molecule has 226 valence electrons. The fraction of sp³-hybridized carbons (Fsp3) is 0.767. The number of aliphatic hydroxyl groups is 2. The molecule has 1 aromatic carbocycles. The average molecular weight is 607 g/mol. The minimum atomic E-state index is -3.09. The molecule has 4 fully saturated rings. The van der Waals surface area contributed by atoms with Gasteiger partial charge in [-0.3, -0.25) is 4.79 Å². The molecule has 5 rings (SSSR count). The van der Waals surface area contributed by atoms with Crippen LogP contribution in [0, 0.1) is 46.3 Å². The molecule has 0 aromatic heterocycles. The molecule has 3 unspecified atom stereocenters. The summed E-state index contributed by atoms with van der Waals surface area (Å²) in [6.07, 6.45) is 2.70. The van der Waals surface area contributed by atoms with Crippen LogP contribution in [0.2, 0.25) is 0 Å². The van der Waals surface area contributed by atoms with Gasteiger partial charge in [0.15, 0.2) is 0 Å². The van der Waals surface area contributed by atoms with Gasteiger partial charge in [0.2, 0.25) is 5.91 Å². The van der Waals surface area contributed by atoms with Gasteiger partial charge in [-0.15, -0.1) is 0 Å². The summed E-state index contributed by atoms with van der Waals surface area (Å²) in [5, 5.41) is 24.2. The number of fused-ring (bicyclic) bond motifs is 5. The van der Waals surface area contributed by atoms with Gasteiger partial charge in [-0.1, -0.05) is 43.9 Å². The van der Waals surface area contributed by atoms with Gasteiger partial charge < -0.3 is 29.4 Å². The third-order valence-electron chi connectivity index (χ3n) is 11.6. The van der Waals surface area contributed by atoms with Crippen LogP contribution in [-0.4, -0.2) is 39.7 Å². The van der Waals surface area contributed by atoms with Crippen molar-refractivity contribution in [3.05, 3.63) is 24.3 Å². The molecule has 11 heteroatoms. The van der Waals surface area contributed by atoms with E-state index >= 15 is 0 Å². The minimum absolute atomic E-state index is 0. The second-order valence-corrected chi connectivity index (χ2v) is 14.4. The topological polar surface area (TPSA) is 134 Å². The molecule has 0 heterocycles. The third-order valence-corrected chi connectivity index (χ3v) is 12.3. The number of halogens is 2. The monoisotopic (exact) mass is 606 g/mol. The number of rotatable bonds is 6. The van der Waals surface area contributed by atoms with E-state index in [1.165, 1.54) is 6.07 Å². The van der Waals surface area contributed by atoms with E-state index in [0.717, 1.165) is 25.7 Å². The minimum Gasteiger partial charge on any atom is -0.870 e. The van der Waals surface area contributed by atoms with Crippen molar-refractivity contribution in [3.8, 4) is 0 Å². The van der Waals surface area contributed by atoms with Crippen molar-refractivity contribution in [2.45, 2.75) is 102 Å². The Kier molecular flexibility index (Phi) is 10.9. The van der Waals surface area contributed by atoms with E-state index < -0.39 is 34.2 Å². The van der Waals surface area contributed by atoms with E-state index in [1.54, 1.807) is 18.2 Å². The van der Waals surface area contributed by atoms with Gasteiger partial charge in [0.25, 0.3) is 5.92 Å². The fourth-order valence-electron chi connectivity index (χ4n) is 9.69. The Morgan fingerprint density at radius 3 is 2.41 bits per heavy atom. The Morgan fingerprint density at radius 2 is 1.73 bits per heavy atom. The van der Waals surface area contributed by atoms with Gasteiger partial charge in [0.1, 0.15) is 6.10 Å². The van der Waals surface area contributed by atoms with E-state index in [-0.39, 0.29) is 106 Å². The van der Waals surface area contributed by atoms with Crippen LogP contribution in [0.3, 0.4) is 0 Å². The molecule has 4 aliphatic carbocycles. The molecular formula is C30H43F2NNaO6S-. The molecule has 1 amide bonds. The number of carbonyl (C=O) groups excluding carboxylic acids is 1. The first-order valence-corrected chi connectivity index (χ1v) is 15.6. The average Bonchev–Trinajstić information content (AvgIpc) is 3.21. The Balaban J connectivity index is 0.00000231. The van der Waals surface area contributed by atoms with E-state index in [1.807, 2.05) is 6.92 Å². The summed E-state index contributed by atoms with van der Waals surface area (Å²) in [7, 11) is -2.44. The summed E-state index contributed by atoms with van der Waals surface area (Å²) in [5.74, 6) is -2.51. The summed E-state index contributed by atoms with van der Waals surface area (Å²) in [5.41, 5.74) is -0.322. The van der Waals surface area contributed by atoms with Crippen LogP contribution in [0.4, 0.5) is 14.5 Å². The maximum Gasteiger partial charge on any atom is 1.00 e. The first kappa shape index (κ1) is 34.9. The number of hydrogen-bond donors (Lipinski definition) is 3. The summed E-state index contributed by atoms with van der Waals surface area (Å²) in [6.45, 7) is 6.47. The fourth-order valence-corrected chi connectivity index (χ4v) is 10.2. The van der Waals surface area contributed by atoms with Crippen molar-refractivity contribution in [2.75, 3.05) is 5.32 Å². The Hall–Kier alpha value is -0.620. The van der Waals surface area contributed by atoms with Gasteiger partial charge in [-0.05, 0) is 108 Å². The van der Waals surface area contributed by atoms with Crippen molar-refractivity contribution in [2.24, 2.45) is 46.3 Å². The molecule has 0 saturated heterocycles. The van der Waals surface area contributed by atoms with Crippen molar-refractivity contribution in [1.29, 1.82) is 0 Å². The summed E-state index contributed by atoms with van der Waals surface area (Å²) in [4.78, 5) is 12.8. The number of nitrogens with one attached hydrogen (secondary N) is 1. The van der Waals surface area contributed by atoms with Crippen LogP contribution in [0.15, 0.2) is 29.2 Å².